The molecule has 0 spiro atoms. The van der Waals surface area contributed by atoms with E-state index in [9.17, 15) is 4.79 Å². The molecule has 1 rings (SSSR count). The number of likely N-dealkylation sites (tertiary alicyclic amines) is 1. The summed E-state index contributed by atoms with van der Waals surface area (Å²) in [5.74, 6) is 0.912. The van der Waals surface area contributed by atoms with E-state index in [-0.39, 0.29) is 36.1 Å². The summed E-state index contributed by atoms with van der Waals surface area (Å²) < 4.78 is 4.62. The zero-order valence-corrected chi connectivity index (χ0v) is 13.3. The van der Waals surface area contributed by atoms with Gasteiger partial charge in [0, 0.05) is 41.3 Å². The molecule has 0 aromatic rings. The summed E-state index contributed by atoms with van der Waals surface area (Å²) in [4.78, 5) is 21.2. The molecule has 0 aliphatic carbocycles. The fourth-order valence-electron chi connectivity index (χ4n) is 1.61. The number of amides is 1. The fourth-order valence-corrected chi connectivity index (χ4v) is 1.61. The lowest BCUT2D eigenvalue weighted by Crippen LogP contribution is -2.54. The highest BCUT2D eigenvalue weighted by Gasteiger charge is 2.31. The van der Waals surface area contributed by atoms with Gasteiger partial charge in [-0.2, -0.15) is 0 Å². The van der Waals surface area contributed by atoms with Crippen molar-refractivity contribution in [3.8, 4) is 0 Å². The number of carbonyl (C=O) groups excluding carboxylic acids is 1. The van der Waals surface area contributed by atoms with Crippen LogP contribution in [0.25, 0.3) is 0 Å². The van der Waals surface area contributed by atoms with E-state index in [4.69, 9.17) is 0 Å². The van der Waals surface area contributed by atoms with Gasteiger partial charge < -0.3 is 19.4 Å². The molecule has 0 bridgehead atoms. The van der Waals surface area contributed by atoms with Gasteiger partial charge in [-0.05, 0) is 0 Å². The molecule has 0 aromatic heterocycles. The zero-order chi connectivity index (χ0) is 12.3. The van der Waals surface area contributed by atoms with E-state index in [1.54, 1.807) is 4.90 Å². The smallest absolute Gasteiger partial charge is 0.409 e. The summed E-state index contributed by atoms with van der Waals surface area (Å²) in [5.41, 5.74) is 0. The van der Waals surface area contributed by atoms with Crippen LogP contribution in [0.2, 0.25) is 0 Å². The first-order valence-electron chi connectivity index (χ1n) is 5.21. The lowest BCUT2D eigenvalue weighted by molar-refractivity contribution is 0.0892. The Kier molecular flexibility index (Phi) is 6.58. The molecule has 1 heterocycles. The number of hydrogen-bond donors (Lipinski definition) is 0. The normalized spacial score (nSPS) is 14.3. The van der Waals surface area contributed by atoms with E-state index in [2.05, 4.69) is 9.73 Å². The van der Waals surface area contributed by atoms with Crippen molar-refractivity contribution in [3.63, 3.8) is 0 Å². The number of carbonyl (C=O) groups is 1. The second-order valence-corrected chi connectivity index (χ2v) is 4.25. The molecule has 6 nitrogen and oxygen atoms in total. The third-order valence-corrected chi connectivity index (χ3v) is 2.39. The minimum Gasteiger partial charge on any atom is -0.453 e. The third kappa shape index (κ3) is 4.21. The van der Waals surface area contributed by atoms with Gasteiger partial charge in [-0.25, -0.2) is 9.79 Å². The Hall–Kier alpha value is -0.730. The van der Waals surface area contributed by atoms with Crippen molar-refractivity contribution in [3.05, 3.63) is 0 Å². The van der Waals surface area contributed by atoms with Crippen LogP contribution in [0.5, 0.6) is 0 Å². The number of nitrogens with zero attached hydrogens (tertiary/aromatic N) is 4. The zero-order valence-electron chi connectivity index (χ0n) is 11.0. The van der Waals surface area contributed by atoms with Gasteiger partial charge in [0.2, 0.25) is 0 Å². The first-order valence-corrected chi connectivity index (χ1v) is 5.21. The summed E-state index contributed by atoms with van der Waals surface area (Å²) >= 11 is 0. The Bertz CT molecular complexity index is 278. The van der Waals surface area contributed by atoms with E-state index < -0.39 is 0 Å². The van der Waals surface area contributed by atoms with Crippen molar-refractivity contribution in [1.82, 2.24) is 14.7 Å². The SMILES string of the molecule is COC(=O)N1CC(N=C(N(C)C)N(C)C)C1.I. The average Bonchev–Trinajstić information content (AvgIpc) is 2.13. The number of halogens is 1. The van der Waals surface area contributed by atoms with Crippen molar-refractivity contribution in [2.45, 2.75) is 6.04 Å². The predicted octanol–water partition coefficient (Wildman–Crippen LogP) is 0.534. The largest absolute Gasteiger partial charge is 0.453 e. The minimum atomic E-state index is -0.275. The van der Waals surface area contributed by atoms with Crippen LogP contribution in [0.15, 0.2) is 4.99 Å². The van der Waals surface area contributed by atoms with Crippen LogP contribution in [0.4, 0.5) is 4.79 Å². The summed E-state index contributed by atoms with van der Waals surface area (Å²) in [5, 5.41) is 0. The molecule has 0 unspecified atom stereocenters. The van der Waals surface area contributed by atoms with Gasteiger partial charge in [-0.15, -0.1) is 24.0 Å². The van der Waals surface area contributed by atoms with Crippen LogP contribution in [-0.4, -0.2) is 81.2 Å². The summed E-state index contributed by atoms with van der Waals surface area (Å²) in [6.45, 7) is 1.27. The summed E-state index contributed by atoms with van der Waals surface area (Å²) in [6.07, 6.45) is -0.275. The second-order valence-electron chi connectivity index (χ2n) is 4.25. The maximum atomic E-state index is 11.1. The van der Waals surface area contributed by atoms with Gasteiger partial charge in [0.15, 0.2) is 5.96 Å². The molecule has 0 N–H and O–H groups in total. The number of hydrogen-bond acceptors (Lipinski definition) is 3. The Morgan fingerprint density at radius 3 is 2.06 bits per heavy atom. The highest BCUT2D eigenvalue weighted by atomic mass is 127. The van der Waals surface area contributed by atoms with Crippen molar-refractivity contribution in [2.24, 2.45) is 4.99 Å². The van der Waals surface area contributed by atoms with E-state index in [0.717, 1.165) is 5.96 Å². The molecule has 0 radical (unpaired) electrons. The number of methoxy groups -OCH3 is 1. The number of ether oxygens (including phenoxy) is 1. The highest BCUT2D eigenvalue weighted by molar-refractivity contribution is 14.0. The monoisotopic (exact) mass is 356 g/mol. The van der Waals surface area contributed by atoms with Crippen molar-refractivity contribution in [1.29, 1.82) is 0 Å². The van der Waals surface area contributed by atoms with E-state index >= 15 is 0 Å². The molecule has 1 saturated heterocycles. The Morgan fingerprint density at radius 1 is 1.24 bits per heavy atom. The van der Waals surface area contributed by atoms with Crippen LogP contribution >= 0.6 is 24.0 Å². The molecule has 0 saturated carbocycles. The molecule has 1 aliphatic rings. The van der Waals surface area contributed by atoms with Crippen molar-refractivity contribution < 1.29 is 9.53 Å². The molecule has 0 atom stereocenters. The van der Waals surface area contributed by atoms with Gasteiger partial charge in [0.05, 0.1) is 13.2 Å². The van der Waals surface area contributed by atoms with E-state index in [0.29, 0.717) is 13.1 Å². The summed E-state index contributed by atoms with van der Waals surface area (Å²) in [6, 6.07) is 0.180. The lowest BCUT2D eigenvalue weighted by Gasteiger charge is -2.37. The van der Waals surface area contributed by atoms with Crippen LogP contribution in [-0.2, 0) is 4.74 Å². The Balaban J connectivity index is 0.00000256. The van der Waals surface area contributed by atoms with Gasteiger partial charge in [0.25, 0.3) is 0 Å². The van der Waals surface area contributed by atoms with Gasteiger partial charge in [-0.1, -0.05) is 0 Å². The molecular weight excluding hydrogens is 335 g/mol. The lowest BCUT2D eigenvalue weighted by atomic mass is 10.1. The number of guanidine groups is 1. The topological polar surface area (TPSA) is 48.4 Å². The van der Waals surface area contributed by atoms with Crippen LogP contribution in [0.3, 0.4) is 0 Å². The Labute approximate surface area is 120 Å². The van der Waals surface area contributed by atoms with Crippen LogP contribution < -0.4 is 0 Å². The molecule has 7 heteroatoms. The molecule has 100 valence electrons. The minimum absolute atomic E-state index is 0. The van der Waals surface area contributed by atoms with E-state index in [1.807, 2.05) is 38.0 Å². The van der Waals surface area contributed by atoms with Crippen LogP contribution in [0.1, 0.15) is 0 Å². The third-order valence-electron chi connectivity index (χ3n) is 2.39. The standard InChI is InChI=1S/C10H20N4O2.HI/c1-12(2)9(13(3)4)11-8-6-14(7-8)10(15)16-5;/h8H,6-7H2,1-5H3;1H. The molecule has 17 heavy (non-hydrogen) atoms. The predicted molar refractivity (Wildman–Crippen MR) is 78.0 cm³/mol. The van der Waals surface area contributed by atoms with Gasteiger partial charge in [0.1, 0.15) is 0 Å². The number of aliphatic imine (C=N–C) groups is 1. The molecular formula is C10H21IN4O2. The molecule has 0 aromatic carbocycles. The van der Waals surface area contributed by atoms with Gasteiger partial charge in [-0.3, -0.25) is 0 Å². The Morgan fingerprint density at radius 2 is 1.71 bits per heavy atom. The molecule has 1 amide bonds. The maximum absolute atomic E-state index is 11.1. The van der Waals surface area contributed by atoms with Crippen LogP contribution in [0, 0.1) is 0 Å². The average molecular weight is 356 g/mol. The first-order chi connectivity index (χ1) is 7.45. The maximum Gasteiger partial charge on any atom is 0.409 e. The van der Waals surface area contributed by atoms with Crippen molar-refractivity contribution >= 4 is 36.0 Å². The summed E-state index contributed by atoms with van der Waals surface area (Å²) in [7, 11) is 9.21. The fraction of sp³-hybridized carbons (Fsp3) is 0.800. The number of rotatable bonds is 1. The quantitative estimate of drug-likeness (QED) is 0.391. The molecule has 1 aliphatic heterocycles. The first kappa shape index (κ1) is 16.3. The van der Waals surface area contributed by atoms with E-state index in [1.165, 1.54) is 7.11 Å². The van der Waals surface area contributed by atoms with Gasteiger partial charge >= 0.3 is 6.09 Å². The highest BCUT2D eigenvalue weighted by Crippen LogP contribution is 2.13. The van der Waals surface area contributed by atoms with Crippen molar-refractivity contribution in [2.75, 3.05) is 48.4 Å². The second kappa shape index (κ2) is 6.87. The molecule has 1 fully saturated rings.